The predicted octanol–water partition coefficient (Wildman–Crippen LogP) is 2.48. The number of hydrogen-bond donors (Lipinski definition) is 1. The van der Waals surface area contributed by atoms with E-state index in [9.17, 15) is 9.59 Å². The zero-order valence-corrected chi connectivity index (χ0v) is 13.5. The molecule has 2 saturated carbocycles. The number of nitrogens with zero attached hydrogens (tertiary/aromatic N) is 1. The largest absolute Gasteiger partial charge is 0.368 e. The molecule has 118 valence electrons. The number of nitrogens with two attached hydrogens (primary N) is 1. The summed E-state index contributed by atoms with van der Waals surface area (Å²) in [6.45, 7) is 9.63. The Labute approximate surface area is 127 Å². The Morgan fingerprint density at radius 3 is 1.95 bits per heavy atom. The lowest BCUT2D eigenvalue weighted by atomic mass is 9.95. The highest BCUT2D eigenvalue weighted by atomic mass is 16.2. The molecule has 2 rings (SSSR count). The Balaban J connectivity index is 2.30. The number of carbonyl (C=O) groups excluding carboxylic acids is 2. The smallest absolute Gasteiger partial charge is 0.249 e. The third-order valence-corrected chi connectivity index (χ3v) is 4.49. The molecule has 0 unspecified atom stereocenters. The second-order valence-corrected chi connectivity index (χ2v) is 7.21. The lowest BCUT2D eigenvalue weighted by molar-refractivity contribution is -0.140. The van der Waals surface area contributed by atoms with Crippen LogP contribution in [0.3, 0.4) is 0 Å². The van der Waals surface area contributed by atoms with E-state index in [1.807, 2.05) is 0 Å². The summed E-state index contributed by atoms with van der Waals surface area (Å²) >= 11 is 0. The maximum absolute atomic E-state index is 12.7. The van der Waals surface area contributed by atoms with E-state index in [4.69, 9.17) is 5.73 Å². The van der Waals surface area contributed by atoms with Gasteiger partial charge in [0.2, 0.25) is 11.8 Å². The summed E-state index contributed by atoms with van der Waals surface area (Å²) in [5, 5.41) is 0. The molecule has 0 aromatic rings. The van der Waals surface area contributed by atoms with E-state index >= 15 is 0 Å². The number of rotatable bonds is 8. The molecule has 0 aliphatic heterocycles. The molecule has 4 heteroatoms. The van der Waals surface area contributed by atoms with E-state index < -0.39 is 6.04 Å². The van der Waals surface area contributed by atoms with Crippen LogP contribution in [0.25, 0.3) is 0 Å². The van der Waals surface area contributed by atoms with Crippen molar-refractivity contribution in [1.82, 2.24) is 4.90 Å². The Hall–Kier alpha value is -1.32. The first-order valence-electron chi connectivity index (χ1n) is 8.10. The predicted molar refractivity (Wildman–Crippen MR) is 83.3 cm³/mol. The number of primary amides is 1. The third kappa shape index (κ3) is 3.86. The van der Waals surface area contributed by atoms with Crippen LogP contribution in [0, 0.1) is 17.8 Å². The number of amides is 2. The molecule has 0 aromatic heterocycles. The fraction of sp³-hybridized carbons (Fsp3) is 0.765. The fourth-order valence-electron chi connectivity index (χ4n) is 3.23. The monoisotopic (exact) mass is 292 g/mol. The van der Waals surface area contributed by atoms with E-state index in [0.29, 0.717) is 29.7 Å². The van der Waals surface area contributed by atoms with Gasteiger partial charge in [0.15, 0.2) is 0 Å². The lowest BCUT2D eigenvalue weighted by Crippen LogP contribution is -2.55. The van der Waals surface area contributed by atoms with Gasteiger partial charge in [0.1, 0.15) is 6.04 Å². The summed E-state index contributed by atoms with van der Waals surface area (Å²) in [5.41, 5.74) is 6.14. The van der Waals surface area contributed by atoms with Gasteiger partial charge in [-0.1, -0.05) is 20.4 Å². The summed E-state index contributed by atoms with van der Waals surface area (Å²) in [7, 11) is 0. The Kier molecular flexibility index (Phi) is 4.74. The summed E-state index contributed by atoms with van der Waals surface area (Å²) in [5.74, 6) is 0.944. The van der Waals surface area contributed by atoms with Crippen molar-refractivity contribution in [2.24, 2.45) is 23.5 Å². The molecule has 0 aromatic carbocycles. The van der Waals surface area contributed by atoms with Gasteiger partial charge in [-0.3, -0.25) is 9.59 Å². The van der Waals surface area contributed by atoms with Crippen LogP contribution in [0.2, 0.25) is 0 Å². The van der Waals surface area contributed by atoms with Gasteiger partial charge in [-0.2, -0.15) is 0 Å². The zero-order chi connectivity index (χ0) is 15.7. The molecule has 2 aliphatic carbocycles. The Bertz CT molecular complexity index is 424. The highest BCUT2D eigenvalue weighted by Crippen LogP contribution is 2.48. The SMILES string of the molecule is C=C(C)C(=O)N(C(C1CC1)C1CC1)[C@H](CC(C)C)C(N)=O. The van der Waals surface area contributed by atoms with Crippen LogP contribution in [0.15, 0.2) is 12.2 Å². The number of carbonyl (C=O) groups is 2. The minimum absolute atomic E-state index is 0.0942. The van der Waals surface area contributed by atoms with E-state index in [1.54, 1.807) is 11.8 Å². The average molecular weight is 292 g/mol. The molecular weight excluding hydrogens is 264 g/mol. The highest BCUT2D eigenvalue weighted by Gasteiger charge is 2.49. The van der Waals surface area contributed by atoms with Crippen LogP contribution in [0.1, 0.15) is 52.9 Å². The molecule has 0 spiro atoms. The third-order valence-electron chi connectivity index (χ3n) is 4.49. The molecular formula is C17H28N2O2. The number of hydrogen-bond acceptors (Lipinski definition) is 2. The molecule has 4 nitrogen and oxygen atoms in total. The van der Waals surface area contributed by atoms with E-state index in [-0.39, 0.29) is 17.9 Å². The standard InChI is InChI=1S/C17H28N2O2/c1-10(2)9-14(16(18)20)19(17(21)11(3)4)15(12-5-6-12)13-7-8-13/h10,12-15H,3,5-9H2,1-2,4H3,(H2,18,20)/t14-/m1/s1. The molecule has 2 N–H and O–H groups in total. The average Bonchev–Trinajstić information content (AvgIpc) is 3.25. The van der Waals surface area contributed by atoms with Gasteiger partial charge < -0.3 is 10.6 Å². The first-order chi connectivity index (χ1) is 9.82. The van der Waals surface area contributed by atoms with Gasteiger partial charge >= 0.3 is 0 Å². The van der Waals surface area contributed by atoms with Gasteiger partial charge in [0.05, 0.1) is 0 Å². The van der Waals surface area contributed by atoms with Crippen molar-refractivity contribution in [3.05, 3.63) is 12.2 Å². The molecule has 0 heterocycles. The molecule has 2 fully saturated rings. The topological polar surface area (TPSA) is 63.4 Å². The fourth-order valence-corrected chi connectivity index (χ4v) is 3.23. The van der Waals surface area contributed by atoms with Crippen molar-refractivity contribution >= 4 is 11.8 Å². The maximum Gasteiger partial charge on any atom is 0.249 e. The van der Waals surface area contributed by atoms with Crippen molar-refractivity contribution in [1.29, 1.82) is 0 Å². The van der Waals surface area contributed by atoms with Gasteiger partial charge in [0.25, 0.3) is 0 Å². The van der Waals surface area contributed by atoms with Crippen LogP contribution in [0.4, 0.5) is 0 Å². The van der Waals surface area contributed by atoms with Crippen molar-refractivity contribution in [2.45, 2.75) is 65.0 Å². The molecule has 2 aliphatic rings. The van der Waals surface area contributed by atoms with Crippen LogP contribution >= 0.6 is 0 Å². The molecule has 21 heavy (non-hydrogen) atoms. The van der Waals surface area contributed by atoms with Crippen LogP contribution in [-0.2, 0) is 9.59 Å². The van der Waals surface area contributed by atoms with Crippen LogP contribution in [0.5, 0.6) is 0 Å². The van der Waals surface area contributed by atoms with E-state index in [1.165, 1.54) is 0 Å². The quantitative estimate of drug-likeness (QED) is 0.699. The van der Waals surface area contributed by atoms with Crippen molar-refractivity contribution in [3.8, 4) is 0 Å². The van der Waals surface area contributed by atoms with Gasteiger partial charge in [-0.05, 0) is 56.8 Å². The minimum Gasteiger partial charge on any atom is -0.368 e. The molecule has 2 amide bonds. The second-order valence-electron chi connectivity index (χ2n) is 7.21. The highest BCUT2D eigenvalue weighted by molar-refractivity contribution is 5.96. The zero-order valence-electron chi connectivity index (χ0n) is 13.5. The lowest BCUT2D eigenvalue weighted by Gasteiger charge is -2.38. The van der Waals surface area contributed by atoms with E-state index in [2.05, 4.69) is 20.4 Å². The summed E-state index contributed by atoms with van der Waals surface area (Å²) < 4.78 is 0. The van der Waals surface area contributed by atoms with Crippen molar-refractivity contribution < 1.29 is 9.59 Å². The Morgan fingerprint density at radius 1 is 1.19 bits per heavy atom. The van der Waals surface area contributed by atoms with E-state index in [0.717, 1.165) is 25.7 Å². The van der Waals surface area contributed by atoms with Crippen LogP contribution < -0.4 is 5.73 Å². The molecule has 0 bridgehead atoms. The minimum atomic E-state index is -0.500. The van der Waals surface area contributed by atoms with Crippen molar-refractivity contribution in [3.63, 3.8) is 0 Å². The maximum atomic E-state index is 12.7. The first-order valence-corrected chi connectivity index (χ1v) is 8.10. The van der Waals surface area contributed by atoms with Crippen molar-refractivity contribution in [2.75, 3.05) is 0 Å². The normalized spacial score (nSPS) is 19.7. The molecule has 1 atom stereocenters. The molecule has 0 saturated heterocycles. The van der Waals surface area contributed by atoms with Gasteiger partial charge in [-0.25, -0.2) is 0 Å². The summed E-state index contributed by atoms with van der Waals surface area (Å²) in [4.78, 5) is 26.5. The van der Waals surface area contributed by atoms with Gasteiger partial charge in [0, 0.05) is 11.6 Å². The summed E-state index contributed by atoms with van der Waals surface area (Å²) in [6.07, 6.45) is 5.27. The second kappa shape index (κ2) is 6.20. The summed E-state index contributed by atoms with van der Waals surface area (Å²) in [6, 6.07) is -0.314. The first kappa shape index (κ1) is 16.1. The molecule has 0 radical (unpaired) electrons. The van der Waals surface area contributed by atoms with Crippen LogP contribution in [-0.4, -0.2) is 28.8 Å². The van der Waals surface area contributed by atoms with Gasteiger partial charge in [-0.15, -0.1) is 0 Å². The Morgan fingerprint density at radius 2 is 1.67 bits per heavy atom.